The van der Waals surface area contributed by atoms with Crippen molar-refractivity contribution in [2.45, 2.75) is 38.7 Å². The van der Waals surface area contributed by atoms with Gasteiger partial charge in [-0.1, -0.05) is 66.4 Å². The zero-order valence-electron chi connectivity index (χ0n) is 9.70. The van der Waals surface area contributed by atoms with Crippen molar-refractivity contribution in [3.05, 3.63) is 40.4 Å². The number of benzene rings is 1. The molecule has 0 amide bonds. The summed E-state index contributed by atoms with van der Waals surface area (Å²) >= 11 is 3.42. The summed E-state index contributed by atoms with van der Waals surface area (Å²) in [6.45, 7) is 2.17. The standard InChI is InChI=1S/C14H19BrO/c1-2-3-4-8-14(16)10-9-12-6-5-7-13(15)11-12/h5-7,9-11,14,16H,2-4,8H2,1H3. The third kappa shape index (κ3) is 5.47. The quantitative estimate of drug-likeness (QED) is 0.767. The molecular weight excluding hydrogens is 264 g/mol. The minimum atomic E-state index is -0.314. The minimum Gasteiger partial charge on any atom is -0.389 e. The molecule has 16 heavy (non-hydrogen) atoms. The van der Waals surface area contributed by atoms with Crippen LogP contribution in [0.5, 0.6) is 0 Å². The van der Waals surface area contributed by atoms with Crippen LogP contribution in [0, 0.1) is 0 Å². The van der Waals surface area contributed by atoms with E-state index in [1.807, 2.05) is 36.4 Å². The fraction of sp³-hybridized carbons (Fsp3) is 0.429. The average molecular weight is 283 g/mol. The maximum absolute atomic E-state index is 9.71. The first kappa shape index (κ1) is 13.5. The molecule has 1 unspecified atom stereocenters. The number of rotatable bonds is 6. The topological polar surface area (TPSA) is 20.2 Å². The Kier molecular flexibility index (Phi) is 6.43. The van der Waals surface area contributed by atoms with Gasteiger partial charge in [-0.05, 0) is 24.1 Å². The molecular formula is C14H19BrO. The fourth-order valence-electron chi connectivity index (χ4n) is 1.53. The van der Waals surface area contributed by atoms with Gasteiger partial charge in [0.05, 0.1) is 6.10 Å². The lowest BCUT2D eigenvalue weighted by molar-refractivity contribution is 0.209. The summed E-state index contributed by atoms with van der Waals surface area (Å²) in [6.07, 6.45) is 7.88. The summed E-state index contributed by atoms with van der Waals surface area (Å²) in [5.41, 5.74) is 1.11. The number of halogens is 1. The van der Waals surface area contributed by atoms with Gasteiger partial charge in [-0.25, -0.2) is 0 Å². The summed E-state index contributed by atoms with van der Waals surface area (Å²) in [6, 6.07) is 8.05. The van der Waals surface area contributed by atoms with Crippen LogP contribution in [0.25, 0.3) is 6.08 Å². The van der Waals surface area contributed by atoms with Gasteiger partial charge in [0.2, 0.25) is 0 Å². The molecule has 0 fully saturated rings. The van der Waals surface area contributed by atoms with E-state index in [2.05, 4.69) is 22.9 Å². The molecule has 0 radical (unpaired) electrons. The molecule has 1 atom stereocenters. The largest absolute Gasteiger partial charge is 0.389 e. The summed E-state index contributed by atoms with van der Waals surface area (Å²) in [4.78, 5) is 0. The van der Waals surface area contributed by atoms with Crippen LogP contribution in [0.2, 0.25) is 0 Å². The lowest BCUT2D eigenvalue weighted by Gasteiger charge is -2.04. The van der Waals surface area contributed by atoms with E-state index >= 15 is 0 Å². The lowest BCUT2D eigenvalue weighted by Crippen LogP contribution is -2.00. The van der Waals surface area contributed by atoms with Gasteiger partial charge in [0.1, 0.15) is 0 Å². The van der Waals surface area contributed by atoms with Gasteiger partial charge in [0.15, 0.2) is 0 Å². The Labute approximate surface area is 106 Å². The Morgan fingerprint density at radius 2 is 2.19 bits per heavy atom. The third-order valence-corrected chi connectivity index (χ3v) is 2.96. The van der Waals surface area contributed by atoms with Gasteiger partial charge in [0, 0.05) is 4.47 Å². The second kappa shape index (κ2) is 7.64. The Morgan fingerprint density at radius 1 is 1.38 bits per heavy atom. The van der Waals surface area contributed by atoms with E-state index in [1.165, 1.54) is 12.8 Å². The monoisotopic (exact) mass is 282 g/mol. The molecule has 1 aromatic rings. The smallest absolute Gasteiger partial charge is 0.0724 e. The molecule has 88 valence electrons. The molecule has 1 aromatic carbocycles. The summed E-state index contributed by atoms with van der Waals surface area (Å²) in [7, 11) is 0. The van der Waals surface area contributed by atoms with Gasteiger partial charge < -0.3 is 5.11 Å². The van der Waals surface area contributed by atoms with Crippen LogP contribution in [-0.2, 0) is 0 Å². The number of hydrogen-bond acceptors (Lipinski definition) is 1. The second-order valence-electron chi connectivity index (χ2n) is 3.98. The molecule has 0 aliphatic carbocycles. The molecule has 1 N–H and O–H groups in total. The van der Waals surface area contributed by atoms with Crippen molar-refractivity contribution in [1.29, 1.82) is 0 Å². The predicted octanol–water partition coefficient (Wildman–Crippen LogP) is 4.40. The molecule has 2 heteroatoms. The van der Waals surface area contributed by atoms with Crippen LogP contribution in [-0.4, -0.2) is 11.2 Å². The van der Waals surface area contributed by atoms with Gasteiger partial charge in [0.25, 0.3) is 0 Å². The van der Waals surface area contributed by atoms with Crippen molar-refractivity contribution in [3.63, 3.8) is 0 Å². The van der Waals surface area contributed by atoms with Crippen LogP contribution in [0.15, 0.2) is 34.8 Å². The highest BCUT2D eigenvalue weighted by Gasteiger charge is 1.98. The molecule has 0 saturated carbocycles. The van der Waals surface area contributed by atoms with Crippen LogP contribution >= 0.6 is 15.9 Å². The number of aliphatic hydroxyl groups is 1. The van der Waals surface area contributed by atoms with Crippen LogP contribution < -0.4 is 0 Å². The summed E-state index contributed by atoms with van der Waals surface area (Å²) in [5.74, 6) is 0. The number of hydrogen-bond donors (Lipinski definition) is 1. The molecule has 1 nitrogen and oxygen atoms in total. The van der Waals surface area contributed by atoms with E-state index in [1.54, 1.807) is 0 Å². The van der Waals surface area contributed by atoms with E-state index in [0.29, 0.717) is 0 Å². The van der Waals surface area contributed by atoms with E-state index in [4.69, 9.17) is 0 Å². The molecule has 0 aliphatic rings. The Balaban J connectivity index is 2.40. The molecule has 0 aromatic heterocycles. The van der Waals surface area contributed by atoms with Crippen LogP contribution in [0.4, 0.5) is 0 Å². The Morgan fingerprint density at radius 3 is 2.88 bits per heavy atom. The van der Waals surface area contributed by atoms with Gasteiger partial charge in [-0.2, -0.15) is 0 Å². The number of unbranched alkanes of at least 4 members (excludes halogenated alkanes) is 2. The third-order valence-electron chi connectivity index (χ3n) is 2.46. The van der Waals surface area contributed by atoms with E-state index in [-0.39, 0.29) is 6.10 Å². The van der Waals surface area contributed by atoms with Gasteiger partial charge >= 0.3 is 0 Å². The lowest BCUT2D eigenvalue weighted by atomic mass is 10.1. The van der Waals surface area contributed by atoms with Crippen molar-refractivity contribution in [2.75, 3.05) is 0 Å². The van der Waals surface area contributed by atoms with Gasteiger partial charge in [-0.3, -0.25) is 0 Å². The predicted molar refractivity (Wildman–Crippen MR) is 73.3 cm³/mol. The van der Waals surface area contributed by atoms with Crippen molar-refractivity contribution in [2.24, 2.45) is 0 Å². The molecule has 0 heterocycles. The number of aliphatic hydroxyl groups excluding tert-OH is 1. The van der Waals surface area contributed by atoms with Crippen molar-refractivity contribution in [3.8, 4) is 0 Å². The molecule has 0 spiro atoms. The normalized spacial score (nSPS) is 13.2. The van der Waals surface area contributed by atoms with E-state index in [0.717, 1.165) is 22.9 Å². The fourth-order valence-corrected chi connectivity index (χ4v) is 1.95. The first-order chi connectivity index (χ1) is 7.72. The highest BCUT2D eigenvalue weighted by atomic mass is 79.9. The highest BCUT2D eigenvalue weighted by Crippen LogP contribution is 2.13. The highest BCUT2D eigenvalue weighted by molar-refractivity contribution is 9.10. The first-order valence-electron chi connectivity index (χ1n) is 5.84. The van der Waals surface area contributed by atoms with Crippen molar-refractivity contribution >= 4 is 22.0 Å². The SMILES string of the molecule is CCCCCC(O)C=Cc1cccc(Br)c1. The average Bonchev–Trinajstić information content (AvgIpc) is 2.27. The molecule has 0 aliphatic heterocycles. The van der Waals surface area contributed by atoms with Crippen molar-refractivity contribution in [1.82, 2.24) is 0 Å². The molecule has 0 bridgehead atoms. The Bertz CT molecular complexity index is 333. The van der Waals surface area contributed by atoms with Gasteiger partial charge in [-0.15, -0.1) is 0 Å². The zero-order valence-corrected chi connectivity index (χ0v) is 11.3. The molecule has 0 saturated heterocycles. The van der Waals surface area contributed by atoms with E-state index in [9.17, 15) is 5.11 Å². The van der Waals surface area contributed by atoms with Crippen LogP contribution in [0.3, 0.4) is 0 Å². The van der Waals surface area contributed by atoms with E-state index < -0.39 is 0 Å². The summed E-state index contributed by atoms with van der Waals surface area (Å²) in [5, 5.41) is 9.71. The summed E-state index contributed by atoms with van der Waals surface area (Å²) < 4.78 is 1.06. The Hall–Kier alpha value is -0.600. The maximum Gasteiger partial charge on any atom is 0.0724 e. The van der Waals surface area contributed by atoms with Crippen molar-refractivity contribution < 1.29 is 5.11 Å². The second-order valence-corrected chi connectivity index (χ2v) is 4.89. The maximum atomic E-state index is 9.71. The first-order valence-corrected chi connectivity index (χ1v) is 6.63. The zero-order chi connectivity index (χ0) is 11.8. The minimum absolute atomic E-state index is 0.314. The van der Waals surface area contributed by atoms with Crippen LogP contribution in [0.1, 0.15) is 38.2 Å². The molecule has 1 rings (SSSR count).